The van der Waals surface area contributed by atoms with Crippen molar-refractivity contribution in [3.63, 3.8) is 0 Å². The van der Waals surface area contributed by atoms with Gasteiger partial charge in [-0.25, -0.2) is 4.79 Å². The monoisotopic (exact) mass is 294 g/mol. The van der Waals surface area contributed by atoms with Crippen LogP contribution >= 0.6 is 0 Å². The number of imidazole rings is 1. The molecule has 2 aromatic rings. The van der Waals surface area contributed by atoms with Crippen LogP contribution in [0.15, 0.2) is 21.9 Å². The molecule has 2 aromatic heterocycles. The van der Waals surface area contributed by atoms with Crippen molar-refractivity contribution < 1.29 is 4.74 Å². The van der Waals surface area contributed by atoms with Gasteiger partial charge in [0.15, 0.2) is 11.2 Å². The van der Waals surface area contributed by atoms with Crippen molar-refractivity contribution in [2.45, 2.75) is 13.5 Å². The quantitative estimate of drug-likeness (QED) is 0.621. The summed E-state index contributed by atoms with van der Waals surface area (Å²) < 4.78 is 7.97. The first-order valence-corrected chi connectivity index (χ1v) is 6.31. The highest BCUT2D eigenvalue weighted by atomic mass is 16.5. The molecular formula is C12H18N6O3. The number of aromatic nitrogens is 4. The van der Waals surface area contributed by atoms with Crippen LogP contribution in [0.4, 0.5) is 5.95 Å². The lowest BCUT2D eigenvalue weighted by Crippen LogP contribution is -2.29. The van der Waals surface area contributed by atoms with Gasteiger partial charge in [-0.15, -0.1) is 0 Å². The number of aromatic amines is 1. The largest absolute Gasteiger partial charge is 0.383 e. The van der Waals surface area contributed by atoms with Crippen molar-refractivity contribution >= 4 is 17.1 Å². The molecule has 0 saturated carbocycles. The first-order chi connectivity index (χ1) is 9.95. The Bertz CT molecular complexity index is 785. The van der Waals surface area contributed by atoms with Gasteiger partial charge in [-0.2, -0.15) is 4.98 Å². The van der Waals surface area contributed by atoms with E-state index in [2.05, 4.69) is 27.4 Å². The van der Waals surface area contributed by atoms with Gasteiger partial charge in [0.1, 0.15) is 0 Å². The van der Waals surface area contributed by atoms with Crippen LogP contribution in [-0.2, 0) is 18.3 Å². The van der Waals surface area contributed by atoms with Crippen molar-refractivity contribution in [1.82, 2.24) is 24.5 Å². The van der Waals surface area contributed by atoms with Crippen molar-refractivity contribution in [1.29, 1.82) is 0 Å². The first kappa shape index (κ1) is 14.9. The van der Waals surface area contributed by atoms with E-state index in [-0.39, 0.29) is 0 Å². The molecule has 0 bridgehead atoms. The zero-order valence-electron chi connectivity index (χ0n) is 12.2. The average Bonchev–Trinajstić information content (AvgIpc) is 2.79. The number of methoxy groups -OCH3 is 1. The van der Waals surface area contributed by atoms with Crippen LogP contribution in [0.25, 0.3) is 11.2 Å². The Morgan fingerprint density at radius 2 is 2.19 bits per heavy atom. The van der Waals surface area contributed by atoms with Crippen LogP contribution in [0.1, 0.15) is 6.92 Å². The standard InChI is InChI=1S/C12H18N6O3/c1-7(2)15-16-11-13-9-8(18(11)5-6-21-4)10(19)14-12(20)17(9)3/h15H,1,5-6H2,2-4H3,(H,13,16)(H,14,19,20). The highest BCUT2D eigenvalue weighted by Gasteiger charge is 2.16. The third kappa shape index (κ3) is 2.82. The molecule has 0 aliphatic rings. The number of anilines is 1. The number of fused-ring (bicyclic) bond motifs is 1. The lowest BCUT2D eigenvalue weighted by atomic mass is 10.5. The minimum Gasteiger partial charge on any atom is -0.383 e. The van der Waals surface area contributed by atoms with Crippen molar-refractivity contribution in [3.8, 4) is 0 Å². The molecule has 21 heavy (non-hydrogen) atoms. The molecule has 0 unspecified atom stereocenters. The van der Waals surface area contributed by atoms with Gasteiger partial charge in [-0.3, -0.25) is 19.8 Å². The summed E-state index contributed by atoms with van der Waals surface area (Å²) in [7, 11) is 3.11. The van der Waals surface area contributed by atoms with Gasteiger partial charge in [-0.05, 0) is 6.92 Å². The Balaban J connectivity index is 2.63. The van der Waals surface area contributed by atoms with Gasteiger partial charge >= 0.3 is 5.69 Å². The van der Waals surface area contributed by atoms with E-state index in [1.54, 1.807) is 25.6 Å². The van der Waals surface area contributed by atoms with Crippen molar-refractivity contribution in [2.24, 2.45) is 7.05 Å². The second kappa shape index (κ2) is 5.83. The molecule has 0 saturated heterocycles. The molecule has 0 spiro atoms. The molecule has 0 fully saturated rings. The fourth-order valence-corrected chi connectivity index (χ4v) is 1.89. The molecule has 0 atom stereocenters. The van der Waals surface area contributed by atoms with Gasteiger partial charge in [0, 0.05) is 26.4 Å². The number of aryl methyl sites for hydroxylation is 1. The molecule has 2 rings (SSSR count). The van der Waals surface area contributed by atoms with Crippen LogP contribution in [-0.4, -0.2) is 32.8 Å². The molecule has 9 heteroatoms. The molecule has 0 aliphatic heterocycles. The third-order valence-corrected chi connectivity index (χ3v) is 2.91. The Kier molecular flexibility index (Phi) is 4.13. The summed E-state index contributed by atoms with van der Waals surface area (Å²) in [6, 6.07) is 0. The molecule has 0 amide bonds. The average molecular weight is 294 g/mol. The molecule has 114 valence electrons. The van der Waals surface area contributed by atoms with Crippen molar-refractivity contribution in [2.75, 3.05) is 19.1 Å². The predicted molar refractivity (Wildman–Crippen MR) is 79.0 cm³/mol. The van der Waals surface area contributed by atoms with Crippen molar-refractivity contribution in [3.05, 3.63) is 33.1 Å². The summed E-state index contributed by atoms with van der Waals surface area (Å²) in [5.74, 6) is 0.400. The van der Waals surface area contributed by atoms with Gasteiger partial charge in [0.25, 0.3) is 5.56 Å². The number of hydrazine groups is 1. The van der Waals surface area contributed by atoms with Crippen LogP contribution in [0.2, 0.25) is 0 Å². The smallest absolute Gasteiger partial charge is 0.329 e. The summed E-state index contributed by atoms with van der Waals surface area (Å²) in [4.78, 5) is 30.2. The maximum absolute atomic E-state index is 12.1. The zero-order chi connectivity index (χ0) is 15.6. The van der Waals surface area contributed by atoms with Gasteiger partial charge in [0.05, 0.1) is 6.61 Å². The molecule has 0 aliphatic carbocycles. The topological polar surface area (TPSA) is 106 Å². The van der Waals surface area contributed by atoms with E-state index >= 15 is 0 Å². The van der Waals surface area contributed by atoms with E-state index in [0.29, 0.717) is 36.0 Å². The number of rotatable bonds is 6. The third-order valence-electron chi connectivity index (χ3n) is 2.91. The van der Waals surface area contributed by atoms with E-state index in [1.807, 2.05) is 0 Å². The lowest BCUT2D eigenvalue weighted by molar-refractivity contribution is 0.188. The van der Waals surface area contributed by atoms with Gasteiger partial charge in [0.2, 0.25) is 5.95 Å². The maximum atomic E-state index is 12.1. The Hall–Kier alpha value is -2.55. The molecule has 2 heterocycles. The molecule has 0 radical (unpaired) electrons. The number of hydrogen-bond donors (Lipinski definition) is 3. The maximum Gasteiger partial charge on any atom is 0.329 e. The summed E-state index contributed by atoms with van der Waals surface area (Å²) in [6.45, 7) is 6.29. The van der Waals surface area contributed by atoms with Crippen LogP contribution < -0.4 is 22.1 Å². The highest BCUT2D eigenvalue weighted by molar-refractivity contribution is 5.74. The van der Waals surface area contributed by atoms with E-state index in [4.69, 9.17) is 4.74 Å². The Morgan fingerprint density at radius 3 is 2.81 bits per heavy atom. The predicted octanol–water partition coefficient (Wildman–Crippen LogP) is -0.480. The zero-order valence-corrected chi connectivity index (χ0v) is 12.2. The van der Waals surface area contributed by atoms with Gasteiger partial charge in [-0.1, -0.05) is 6.58 Å². The number of allylic oxidation sites excluding steroid dienone is 1. The second-order valence-corrected chi connectivity index (χ2v) is 4.60. The fourth-order valence-electron chi connectivity index (χ4n) is 1.89. The molecule has 3 N–H and O–H groups in total. The molecular weight excluding hydrogens is 276 g/mol. The van der Waals surface area contributed by atoms with Gasteiger partial charge < -0.3 is 14.7 Å². The second-order valence-electron chi connectivity index (χ2n) is 4.60. The summed E-state index contributed by atoms with van der Waals surface area (Å²) in [5, 5.41) is 0. The van der Waals surface area contributed by atoms with E-state index in [9.17, 15) is 9.59 Å². The minimum absolute atomic E-state index is 0.297. The minimum atomic E-state index is -0.511. The Labute approximate surface area is 120 Å². The lowest BCUT2D eigenvalue weighted by Gasteiger charge is -2.11. The summed E-state index contributed by atoms with van der Waals surface area (Å²) in [6.07, 6.45) is 0. The van der Waals surface area contributed by atoms with Crippen LogP contribution in [0, 0.1) is 0 Å². The van der Waals surface area contributed by atoms with E-state index in [0.717, 1.165) is 0 Å². The summed E-state index contributed by atoms with van der Waals surface area (Å²) >= 11 is 0. The SMILES string of the molecule is C=C(C)NNc1nc2c(c(=O)[nH]c(=O)n2C)n1CCOC. The number of hydrogen-bond acceptors (Lipinski definition) is 6. The molecule has 0 aromatic carbocycles. The molecule has 9 nitrogen and oxygen atoms in total. The number of nitrogens with one attached hydrogen (secondary N) is 3. The summed E-state index contributed by atoms with van der Waals surface area (Å²) in [5.41, 5.74) is 5.98. The van der Waals surface area contributed by atoms with Crippen LogP contribution in [0.5, 0.6) is 0 Å². The number of nitrogens with zero attached hydrogens (tertiary/aromatic N) is 3. The Morgan fingerprint density at radius 1 is 1.48 bits per heavy atom. The number of ether oxygens (including phenoxy) is 1. The first-order valence-electron chi connectivity index (χ1n) is 6.31. The van der Waals surface area contributed by atoms with Crippen LogP contribution in [0.3, 0.4) is 0 Å². The van der Waals surface area contributed by atoms with E-state index in [1.165, 1.54) is 4.57 Å². The normalized spacial score (nSPS) is 10.8. The number of H-pyrrole nitrogens is 1. The highest BCUT2D eigenvalue weighted by Crippen LogP contribution is 2.14. The van der Waals surface area contributed by atoms with E-state index < -0.39 is 11.2 Å². The fraction of sp³-hybridized carbons (Fsp3) is 0.417.